The highest BCUT2D eigenvalue weighted by molar-refractivity contribution is 7.12. The molecule has 0 bridgehead atoms. The van der Waals surface area contributed by atoms with Crippen molar-refractivity contribution in [2.24, 2.45) is 0 Å². The molecule has 0 spiro atoms. The van der Waals surface area contributed by atoms with Gasteiger partial charge in [-0.15, -0.1) is 11.3 Å². The van der Waals surface area contributed by atoms with E-state index in [0.29, 0.717) is 11.8 Å². The van der Waals surface area contributed by atoms with Crippen LogP contribution in [0.3, 0.4) is 0 Å². The summed E-state index contributed by atoms with van der Waals surface area (Å²) in [6.45, 7) is 4.24. The van der Waals surface area contributed by atoms with Crippen molar-refractivity contribution in [3.05, 3.63) is 44.6 Å². The molecule has 134 valence electrons. The van der Waals surface area contributed by atoms with Crippen molar-refractivity contribution in [2.45, 2.75) is 58.0 Å². The van der Waals surface area contributed by atoms with Gasteiger partial charge in [0.1, 0.15) is 0 Å². The fraction of sp³-hybridized carbons (Fsp3) is 0.524. The Labute approximate surface area is 154 Å². The minimum absolute atomic E-state index is 0.256. The van der Waals surface area contributed by atoms with Crippen LogP contribution in [0.4, 0.5) is 0 Å². The zero-order valence-electron chi connectivity index (χ0n) is 15.2. The number of unbranched alkanes of at least 4 members (excludes halogenated alkanes) is 2. The summed E-state index contributed by atoms with van der Waals surface area (Å²) in [6.07, 6.45) is 7.33. The molecule has 0 radical (unpaired) electrons. The molecule has 0 saturated carbocycles. The van der Waals surface area contributed by atoms with Gasteiger partial charge in [0.2, 0.25) is 0 Å². The van der Waals surface area contributed by atoms with Gasteiger partial charge < -0.3 is 9.84 Å². The number of methoxy groups -OCH3 is 1. The minimum Gasteiger partial charge on any atom is -0.504 e. The highest BCUT2D eigenvalue weighted by Crippen LogP contribution is 2.45. The normalized spacial score (nSPS) is 19.2. The number of benzene rings is 1. The topological polar surface area (TPSA) is 32.7 Å². The average Bonchev–Trinajstić information content (AvgIpc) is 3.04. The molecule has 2 aromatic rings. The molecule has 4 rings (SSSR count). The molecule has 1 atom stereocenters. The summed E-state index contributed by atoms with van der Waals surface area (Å²) >= 11 is 2.04. The van der Waals surface area contributed by atoms with Crippen molar-refractivity contribution < 1.29 is 9.84 Å². The molecule has 0 fully saturated rings. The summed E-state index contributed by atoms with van der Waals surface area (Å²) in [4.78, 5) is 5.73. The third kappa shape index (κ3) is 3.06. The number of aromatic hydroxyl groups is 1. The van der Waals surface area contributed by atoms with E-state index >= 15 is 0 Å². The standard InChI is InChI=1S/C21H27NO2S/c1-3-4-5-6-15-12-16-18-11-14-7-8-19(23)21(24-2)17(14)13-22(18)10-9-20(16)25-15/h7-8,12,18,23H,3-6,9-11,13H2,1-2H3. The number of phenols is 1. The van der Waals surface area contributed by atoms with Crippen LogP contribution in [-0.4, -0.2) is 23.7 Å². The van der Waals surface area contributed by atoms with Gasteiger partial charge in [-0.2, -0.15) is 0 Å². The number of ether oxygens (including phenoxy) is 1. The first-order chi connectivity index (χ1) is 12.2. The largest absolute Gasteiger partial charge is 0.504 e. The number of fused-ring (bicyclic) bond motifs is 4. The van der Waals surface area contributed by atoms with E-state index in [4.69, 9.17) is 4.74 Å². The van der Waals surface area contributed by atoms with E-state index in [-0.39, 0.29) is 5.75 Å². The first-order valence-corrected chi connectivity index (χ1v) is 10.3. The number of hydrogen-bond donors (Lipinski definition) is 1. The lowest BCUT2D eigenvalue weighted by atomic mass is 9.86. The SMILES string of the molecule is CCCCCc1cc2c(s1)CCN1Cc3c(ccc(O)c3OC)CC21. The van der Waals surface area contributed by atoms with Crippen molar-refractivity contribution >= 4 is 11.3 Å². The molecular weight excluding hydrogens is 330 g/mol. The van der Waals surface area contributed by atoms with Gasteiger partial charge in [0, 0.05) is 34.4 Å². The van der Waals surface area contributed by atoms with Crippen molar-refractivity contribution in [3.8, 4) is 11.5 Å². The molecule has 0 saturated heterocycles. The molecule has 4 heteroatoms. The molecule has 1 aromatic carbocycles. The zero-order valence-corrected chi connectivity index (χ0v) is 16.0. The molecule has 3 nitrogen and oxygen atoms in total. The third-order valence-electron chi connectivity index (χ3n) is 5.66. The van der Waals surface area contributed by atoms with Gasteiger partial charge in [-0.3, -0.25) is 4.90 Å². The third-order valence-corrected chi connectivity index (χ3v) is 6.93. The second kappa shape index (κ2) is 7.00. The van der Waals surface area contributed by atoms with Crippen molar-refractivity contribution in [3.63, 3.8) is 0 Å². The van der Waals surface area contributed by atoms with Crippen LogP contribution in [0.5, 0.6) is 11.5 Å². The molecule has 1 aromatic heterocycles. The number of nitrogens with zero attached hydrogens (tertiary/aromatic N) is 1. The monoisotopic (exact) mass is 357 g/mol. The van der Waals surface area contributed by atoms with E-state index < -0.39 is 0 Å². The minimum atomic E-state index is 0.256. The quantitative estimate of drug-likeness (QED) is 0.777. The van der Waals surface area contributed by atoms with Gasteiger partial charge in [0.25, 0.3) is 0 Å². The van der Waals surface area contributed by atoms with Crippen LogP contribution in [0.2, 0.25) is 0 Å². The maximum absolute atomic E-state index is 10.1. The number of aryl methyl sites for hydroxylation is 1. The fourth-order valence-corrected chi connectivity index (χ4v) is 5.59. The van der Waals surface area contributed by atoms with Crippen LogP contribution in [-0.2, 0) is 25.8 Å². The summed E-state index contributed by atoms with van der Waals surface area (Å²) in [7, 11) is 1.65. The van der Waals surface area contributed by atoms with Crippen LogP contribution in [0.25, 0.3) is 0 Å². The summed E-state index contributed by atoms with van der Waals surface area (Å²) in [5.74, 6) is 0.915. The van der Waals surface area contributed by atoms with E-state index in [2.05, 4.69) is 24.0 Å². The smallest absolute Gasteiger partial charge is 0.165 e. The molecule has 0 aliphatic carbocycles. The highest BCUT2D eigenvalue weighted by atomic mass is 32.1. The summed E-state index contributed by atoms with van der Waals surface area (Å²) in [6, 6.07) is 6.82. The van der Waals surface area contributed by atoms with Gasteiger partial charge in [-0.25, -0.2) is 0 Å². The van der Waals surface area contributed by atoms with Gasteiger partial charge in [0.15, 0.2) is 11.5 Å². The van der Waals surface area contributed by atoms with Crippen LogP contribution < -0.4 is 4.74 Å². The second-order valence-corrected chi connectivity index (χ2v) is 8.47. The highest BCUT2D eigenvalue weighted by Gasteiger charge is 2.34. The first-order valence-electron chi connectivity index (χ1n) is 9.44. The summed E-state index contributed by atoms with van der Waals surface area (Å²) in [5.41, 5.74) is 4.04. The van der Waals surface area contributed by atoms with E-state index in [1.54, 1.807) is 28.5 Å². The molecule has 25 heavy (non-hydrogen) atoms. The molecular formula is C21H27NO2S. The summed E-state index contributed by atoms with van der Waals surface area (Å²) < 4.78 is 5.48. The maximum atomic E-state index is 10.1. The van der Waals surface area contributed by atoms with Gasteiger partial charge >= 0.3 is 0 Å². The maximum Gasteiger partial charge on any atom is 0.165 e. The van der Waals surface area contributed by atoms with Crippen LogP contribution in [0, 0.1) is 0 Å². The van der Waals surface area contributed by atoms with E-state index in [1.165, 1.54) is 36.8 Å². The number of hydrogen-bond acceptors (Lipinski definition) is 4. The number of phenolic OH excluding ortho intramolecular Hbond substituents is 1. The Hall–Kier alpha value is -1.52. The fourth-order valence-electron chi connectivity index (χ4n) is 4.34. The molecule has 3 heterocycles. The predicted octanol–water partition coefficient (Wildman–Crippen LogP) is 4.85. The van der Waals surface area contributed by atoms with E-state index in [9.17, 15) is 5.11 Å². The zero-order chi connectivity index (χ0) is 17.4. The summed E-state index contributed by atoms with van der Waals surface area (Å²) in [5, 5.41) is 10.1. The Morgan fingerprint density at radius 2 is 2.20 bits per heavy atom. The molecule has 2 aliphatic heterocycles. The van der Waals surface area contributed by atoms with Crippen molar-refractivity contribution in [1.29, 1.82) is 0 Å². The van der Waals surface area contributed by atoms with E-state index in [0.717, 1.165) is 25.9 Å². The van der Waals surface area contributed by atoms with E-state index in [1.807, 2.05) is 11.3 Å². The number of rotatable bonds is 5. The van der Waals surface area contributed by atoms with Gasteiger partial charge in [-0.05, 0) is 48.9 Å². The Balaban J connectivity index is 1.61. The van der Waals surface area contributed by atoms with Crippen LogP contribution in [0.15, 0.2) is 18.2 Å². The lowest BCUT2D eigenvalue weighted by Crippen LogP contribution is -2.38. The van der Waals surface area contributed by atoms with Crippen LogP contribution >= 0.6 is 11.3 Å². The Bertz CT molecular complexity index is 767. The lowest BCUT2D eigenvalue weighted by Gasteiger charge is -2.40. The molecule has 1 N–H and O–H groups in total. The number of thiophene rings is 1. The molecule has 2 aliphatic rings. The second-order valence-electron chi connectivity index (χ2n) is 7.24. The first kappa shape index (κ1) is 16.9. The molecule has 1 unspecified atom stereocenters. The Morgan fingerprint density at radius 3 is 3.00 bits per heavy atom. The van der Waals surface area contributed by atoms with Gasteiger partial charge in [0.05, 0.1) is 7.11 Å². The average molecular weight is 358 g/mol. The Kier molecular flexibility index (Phi) is 4.74. The lowest BCUT2D eigenvalue weighted by molar-refractivity contribution is 0.159. The molecule has 0 amide bonds. The predicted molar refractivity (Wildman–Crippen MR) is 103 cm³/mol. The van der Waals surface area contributed by atoms with Crippen LogP contribution in [0.1, 0.15) is 58.7 Å². The Morgan fingerprint density at radius 1 is 1.32 bits per heavy atom. The van der Waals surface area contributed by atoms with Crippen molar-refractivity contribution in [2.75, 3.05) is 13.7 Å². The van der Waals surface area contributed by atoms with Gasteiger partial charge in [-0.1, -0.05) is 25.8 Å². The van der Waals surface area contributed by atoms with Crippen molar-refractivity contribution in [1.82, 2.24) is 4.90 Å².